The van der Waals surface area contributed by atoms with E-state index in [0.29, 0.717) is 6.42 Å². The predicted molar refractivity (Wildman–Crippen MR) is 67.5 cm³/mol. The van der Waals surface area contributed by atoms with Crippen LogP contribution in [0.3, 0.4) is 0 Å². The van der Waals surface area contributed by atoms with Crippen LogP contribution in [0.25, 0.3) is 10.8 Å². The van der Waals surface area contributed by atoms with Gasteiger partial charge in [0.1, 0.15) is 0 Å². The molecule has 17 heavy (non-hydrogen) atoms. The fourth-order valence-corrected chi connectivity index (χ4v) is 1.94. The van der Waals surface area contributed by atoms with Crippen LogP contribution in [-0.2, 0) is 11.2 Å². The molecule has 2 rings (SSSR count). The third-order valence-electron chi connectivity index (χ3n) is 2.72. The second kappa shape index (κ2) is 4.97. The van der Waals surface area contributed by atoms with Gasteiger partial charge in [-0.15, -0.1) is 0 Å². The topological polar surface area (TPSA) is 63.3 Å². The molecule has 0 bridgehead atoms. The number of amides is 1. The molecule has 0 heterocycles. The van der Waals surface area contributed by atoms with Crippen LogP contribution in [0.4, 0.5) is 0 Å². The summed E-state index contributed by atoms with van der Waals surface area (Å²) in [4.78, 5) is 10.7. The number of aliphatic hydroxyl groups is 1. The van der Waals surface area contributed by atoms with Gasteiger partial charge >= 0.3 is 0 Å². The van der Waals surface area contributed by atoms with Gasteiger partial charge in [0.05, 0.1) is 12.5 Å². The van der Waals surface area contributed by atoms with Crippen molar-refractivity contribution in [1.29, 1.82) is 0 Å². The summed E-state index contributed by atoms with van der Waals surface area (Å²) in [5.41, 5.74) is 6.05. The van der Waals surface area contributed by atoms with Gasteiger partial charge in [-0.25, -0.2) is 0 Å². The minimum Gasteiger partial charge on any atom is -0.392 e. The highest BCUT2D eigenvalue weighted by Gasteiger charge is 2.09. The number of primary amides is 1. The maximum Gasteiger partial charge on any atom is 0.220 e. The van der Waals surface area contributed by atoms with Crippen molar-refractivity contribution < 1.29 is 9.90 Å². The van der Waals surface area contributed by atoms with E-state index in [-0.39, 0.29) is 6.42 Å². The van der Waals surface area contributed by atoms with Crippen LogP contribution in [0.2, 0.25) is 0 Å². The molecule has 0 fully saturated rings. The molecule has 0 aliphatic rings. The molecule has 0 spiro atoms. The number of benzene rings is 2. The molecule has 1 atom stereocenters. The minimum absolute atomic E-state index is 0.00677. The summed E-state index contributed by atoms with van der Waals surface area (Å²) in [5.74, 6) is -0.474. The molecule has 88 valence electrons. The zero-order chi connectivity index (χ0) is 12.3. The summed E-state index contributed by atoms with van der Waals surface area (Å²) in [7, 11) is 0. The molecule has 3 nitrogen and oxygen atoms in total. The smallest absolute Gasteiger partial charge is 0.220 e. The Kier molecular flexibility index (Phi) is 3.40. The monoisotopic (exact) mass is 229 g/mol. The Labute approximate surface area is 99.9 Å². The van der Waals surface area contributed by atoms with E-state index in [1.807, 2.05) is 42.5 Å². The average molecular weight is 229 g/mol. The summed E-state index contributed by atoms with van der Waals surface area (Å²) in [6, 6.07) is 14.0. The van der Waals surface area contributed by atoms with Gasteiger partial charge in [-0.3, -0.25) is 4.79 Å². The van der Waals surface area contributed by atoms with Crippen molar-refractivity contribution in [1.82, 2.24) is 0 Å². The lowest BCUT2D eigenvalue weighted by Crippen LogP contribution is -2.21. The molecule has 2 aromatic carbocycles. The van der Waals surface area contributed by atoms with Crippen LogP contribution in [0, 0.1) is 0 Å². The third kappa shape index (κ3) is 3.04. The Morgan fingerprint density at radius 3 is 2.59 bits per heavy atom. The van der Waals surface area contributed by atoms with Crippen molar-refractivity contribution in [2.75, 3.05) is 0 Å². The molecule has 3 N–H and O–H groups in total. The SMILES string of the molecule is NC(=O)C[C@H](O)Cc1ccc2ccccc2c1. The Bertz CT molecular complexity index is 536. The van der Waals surface area contributed by atoms with Crippen molar-refractivity contribution in [2.24, 2.45) is 5.73 Å². The number of nitrogens with two attached hydrogens (primary N) is 1. The first kappa shape index (κ1) is 11.6. The first-order valence-corrected chi connectivity index (χ1v) is 5.59. The Morgan fingerprint density at radius 2 is 1.88 bits per heavy atom. The van der Waals surface area contributed by atoms with Crippen molar-refractivity contribution in [3.8, 4) is 0 Å². The number of hydrogen-bond donors (Lipinski definition) is 2. The Hall–Kier alpha value is -1.87. The normalized spacial score (nSPS) is 12.5. The van der Waals surface area contributed by atoms with E-state index in [2.05, 4.69) is 0 Å². The Morgan fingerprint density at radius 1 is 1.18 bits per heavy atom. The third-order valence-corrected chi connectivity index (χ3v) is 2.72. The molecule has 0 saturated heterocycles. The lowest BCUT2D eigenvalue weighted by molar-refractivity contribution is -0.119. The summed E-state index contributed by atoms with van der Waals surface area (Å²) in [5, 5.41) is 11.9. The zero-order valence-electron chi connectivity index (χ0n) is 9.47. The fourth-order valence-electron chi connectivity index (χ4n) is 1.94. The van der Waals surface area contributed by atoms with Crippen LogP contribution < -0.4 is 5.73 Å². The maximum atomic E-state index is 10.7. The van der Waals surface area contributed by atoms with Gasteiger partial charge in [-0.2, -0.15) is 0 Å². The summed E-state index contributed by atoms with van der Waals surface area (Å²) >= 11 is 0. The molecule has 0 saturated carbocycles. The maximum absolute atomic E-state index is 10.7. The molecule has 0 aromatic heterocycles. The molecule has 0 aliphatic heterocycles. The van der Waals surface area contributed by atoms with Crippen molar-refractivity contribution >= 4 is 16.7 Å². The molecule has 0 unspecified atom stereocenters. The lowest BCUT2D eigenvalue weighted by Gasteiger charge is -2.09. The van der Waals surface area contributed by atoms with Gasteiger partial charge < -0.3 is 10.8 Å². The van der Waals surface area contributed by atoms with E-state index in [1.54, 1.807) is 0 Å². The number of aliphatic hydroxyl groups excluding tert-OH is 1. The number of rotatable bonds is 4. The van der Waals surface area contributed by atoms with E-state index in [9.17, 15) is 9.90 Å². The number of carbonyl (C=O) groups is 1. The van der Waals surface area contributed by atoms with Crippen LogP contribution in [0.5, 0.6) is 0 Å². The molecular weight excluding hydrogens is 214 g/mol. The van der Waals surface area contributed by atoms with Gasteiger partial charge in [-0.05, 0) is 22.8 Å². The quantitative estimate of drug-likeness (QED) is 0.836. The lowest BCUT2D eigenvalue weighted by atomic mass is 10.0. The van der Waals surface area contributed by atoms with Crippen molar-refractivity contribution in [3.63, 3.8) is 0 Å². The first-order valence-electron chi connectivity index (χ1n) is 5.59. The van der Waals surface area contributed by atoms with Crippen LogP contribution in [-0.4, -0.2) is 17.1 Å². The van der Waals surface area contributed by atoms with Gasteiger partial charge in [0.2, 0.25) is 5.91 Å². The van der Waals surface area contributed by atoms with Crippen LogP contribution in [0.15, 0.2) is 42.5 Å². The highest BCUT2D eigenvalue weighted by Crippen LogP contribution is 2.17. The standard InChI is InChI=1S/C14H15NO2/c15-14(17)9-13(16)8-10-5-6-11-3-1-2-4-12(11)7-10/h1-7,13,16H,8-9H2,(H2,15,17)/t13-/m1/s1. The van der Waals surface area contributed by atoms with Gasteiger partial charge in [0.25, 0.3) is 0 Å². The van der Waals surface area contributed by atoms with E-state index in [4.69, 9.17) is 5.73 Å². The van der Waals surface area contributed by atoms with E-state index in [0.717, 1.165) is 10.9 Å². The number of carbonyl (C=O) groups excluding carboxylic acids is 1. The molecule has 0 aliphatic carbocycles. The molecular formula is C14H15NO2. The predicted octanol–water partition coefficient (Wildman–Crippen LogP) is 1.62. The molecule has 3 heteroatoms. The first-order chi connectivity index (χ1) is 8.15. The van der Waals surface area contributed by atoms with E-state index < -0.39 is 12.0 Å². The minimum atomic E-state index is -0.700. The fraction of sp³-hybridized carbons (Fsp3) is 0.214. The van der Waals surface area contributed by atoms with Gasteiger partial charge in [0, 0.05) is 0 Å². The van der Waals surface area contributed by atoms with E-state index in [1.165, 1.54) is 5.39 Å². The average Bonchev–Trinajstić information content (AvgIpc) is 2.27. The van der Waals surface area contributed by atoms with Crippen LogP contribution in [0.1, 0.15) is 12.0 Å². The number of fused-ring (bicyclic) bond motifs is 1. The van der Waals surface area contributed by atoms with Gasteiger partial charge in [-0.1, -0.05) is 42.5 Å². The largest absolute Gasteiger partial charge is 0.392 e. The highest BCUT2D eigenvalue weighted by molar-refractivity contribution is 5.83. The van der Waals surface area contributed by atoms with Gasteiger partial charge in [0.15, 0.2) is 0 Å². The second-order valence-electron chi connectivity index (χ2n) is 4.21. The molecule has 1 amide bonds. The molecule has 0 radical (unpaired) electrons. The Balaban J connectivity index is 2.16. The molecule has 2 aromatic rings. The summed E-state index contributed by atoms with van der Waals surface area (Å²) in [6.45, 7) is 0. The number of hydrogen-bond acceptors (Lipinski definition) is 2. The second-order valence-corrected chi connectivity index (χ2v) is 4.21. The summed E-state index contributed by atoms with van der Waals surface area (Å²) < 4.78 is 0. The highest BCUT2D eigenvalue weighted by atomic mass is 16.3. The van der Waals surface area contributed by atoms with Crippen molar-refractivity contribution in [2.45, 2.75) is 18.9 Å². The summed E-state index contributed by atoms with van der Waals surface area (Å²) in [6.07, 6.45) is -0.241. The van der Waals surface area contributed by atoms with Crippen LogP contribution >= 0.6 is 0 Å². The van der Waals surface area contributed by atoms with Crippen molar-refractivity contribution in [3.05, 3.63) is 48.0 Å². The van der Waals surface area contributed by atoms with E-state index >= 15 is 0 Å². The zero-order valence-corrected chi connectivity index (χ0v) is 9.47.